The minimum Gasteiger partial charge on any atom is -0.356 e. The minimum absolute atomic E-state index is 0.412. The van der Waals surface area contributed by atoms with E-state index < -0.39 is 10.8 Å². The zero-order valence-corrected chi connectivity index (χ0v) is 24.3. The predicted octanol–water partition coefficient (Wildman–Crippen LogP) is 5.96. The fraction of sp³-hybridized carbons (Fsp3) is 0.294. The molecule has 0 bridgehead atoms. The Morgan fingerprint density at radius 1 is 0.775 bits per heavy atom. The Morgan fingerprint density at radius 3 is 1.73 bits per heavy atom. The van der Waals surface area contributed by atoms with Crippen molar-refractivity contribution in [1.82, 2.24) is 9.13 Å². The van der Waals surface area contributed by atoms with Gasteiger partial charge in [-0.15, -0.1) is 0 Å². The zero-order chi connectivity index (χ0) is 28.7. The molecule has 0 fully saturated rings. The van der Waals surface area contributed by atoms with Crippen LogP contribution in [0, 0.1) is 31.8 Å². The van der Waals surface area contributed by atoms with Crippen molar-refractivity contribution in [3.8, 4) is 6.07 Å². The van der Waals surface area contributed by atoms with Gasteiger partial charge in [0.15, 0.2) is 0 Å². The average molecular weight is 525 g/mol. The van der Waals surface area contributed by atoms with Crippen molar-refractivity contribution in [3.05, 3.63) is 93.2 Å². The molecule has 2 aliphatic heterocycles. The van der Waals surface area contributed by atoms with E-state index in [4.69, 9.17) is 16.6 Å². The summed E-state index contributed by atoms with van der Waals surface area (Å²) in [4.78, 5) is 14.1. The SMILES string of the molecule is [C-]#[N+]/C(C1=Nc2ccccc2C1(C)C)=c1\c2c(C)n(C)/c(=C(/C#N)C3=Nc4ccccc4C3(C)C)c2c(C)n1C. The molecule has 198 valence electrons. The summed E-state index contributed by atoms with van der Waals surface area (Å²) in [6.07, 6.45) is 0. The number of aromatic nitrogens is 2. The topological polar surface area (TPSA) is 62.7 Å². The molecule has 4 aromatic rings. The second-order valence-electron chi connectivity index (χ2n) is 11.9. The van der Waals surface area contributed by atoms with Gasteiger partial charge in [-0.05, 0) is 37.1 Å². The van der Waals surface area contributed by atoms with E-state index in [0.29, 0.717) is 11.3 Å². The third-order valence-electron chi connectivity index (χ3n) is 9.07. The Bertz CT molecular complexity index is 1910. The number of aliphatic imine (C=N–C) groups is 2. The maximum Gasteiger partial charge on any atom is 0.232 e. The molecule has 0 unspecified atom stereocenters. The highest BCUT2D eigenvalue weighted by Crippen LogP contribution is 2.43. The van der Waals surface area contributed by atoms with Crippen LogP contribution in [0.5, 0.6) is 0 Å². The van der Waals surface area contributed by atoms with Crippen LogP contribution in [0.25, 0.3) is 26.9 Å². The number of nitrogens with zero attached hydrogens (tertiary/aromatic N) is 6. The number of hydrogen-bond acceptors (Lipinski definition) is 3. The average Bonchev–Trinajstić information content (AvgIpc) is 3.55. The van der Waals surface area contributed by atoms with Gasteiger partial charge in [0.2, 0.25) is 5.70 Å². The van der Waals surface area contributed by atoms with Crippen LogP contribution in [0.2, 0.25) is 0 Å². The summed E-state index contributed by atoms with van der Waals surface area (Å²) >= 11 is 0. The van der Waals surface area contributed by atoms with Gasteiger partial charge in [0.05, 0.1) is 45.6 Å². The van der Waals surface area contributed by atoms with E-state index in [0.717, 1.165) is 66.8 Å². The molecule has 0 saturated carbocycles. The third-order valence-corrected chi connectivity index (χ3v) is 9.07. The Morgan fingerprint density at radius 2 is 1.23 bits per heavy atom. The van der Waals surface area contributed by atoms with Crippen molar-refractivity contribution >= 4 is 44.8 Å². The Kier molecular flexibility index (Phi) is 5.38. The number of hydrogen-bond donors (Lipinski definition) is 0. The quantitative estimate of drug-likeness (QED) is 0.298. The molecule has 6 heteroatoms. The molecule has 0 radical (unpaired) electrons. The molecule has 0 N–H and O–H groups in total. The predicted molar refractivity (Wildman–Crippen MR) is 163 cm³/mol. The van der Waals surface area contributed by atoms with Gasteiger partial charge in [-0.1, -0.05) is 64.1 Å². The Labute approximate surface area is 234 Å². The summed E-state index contributed by atoms with van der Waals surface area (Å²) in [5.74, 6) is 0. The van der Waals surface area contributed by atoms with Gasteiger partial charge in [0.1, 0.15) is 6.07 Å². The van der Waals surface area contributed by atoms with Crippen molar-refractivity contribution in [2.75, 3.05) is 0 Å². The lowest BCUT2D eigenvalue weighted by Gasteiger charge is -2.22. The van der Waals surface area contributed by atoms with Crippen molar-refractivity contribution in [3.63, 3.8) is 0 Å². The van der Waals surface area contributed by atoms with Gasteiger partial charge < -0.3 is 9.13 Å². The normalized spacial score (nSPS) is 17.9. The lowest BCUT2D eigenvalue weighted by Crippen LogP contribution is -2.32. The van der Waals surface area contributed by atoms with Crippen LogP contribution in [0.15, 0.2) is 58.5 Å². The third kappa shape index (κ3) is 3.14. The first-order chi connectivity index (χ1) is 19.0. The van der Waals surface area contributed by atoms with Crippen molar-refractivity contribution in [1.29, 1.82) is 5.26 Å². The van der Waals surface area contributed by atoms with E-state index in [9.17, 15) is 5.26 Å². The van der Waals surface area contributed by atoms with E-state index >= 15 is 0 Å². The highest BCUT2D eigenvalue weighted by atomic mass is 15.0. The first-order valence-electron chi connectivity index (χ1n) is 13.5. The molecule has 0 atom stereocenters. The standard InChI is InChI=1S/C34H32N6/c1-19-26-27(30(40(19)9)28(36-7)32-34(5,6)23-15-11-13-17-25(23)38-32)20(2)39(8)29(26)21(18-35)31-33(3,4)22-14-10-12-16-24(22)37-31/h10-17H,1-6,8-9H3/b29-21-,30-28+. The molecular weight excluding hydrogens is 492 g/mol. The molecule has 2 aromatic heterocycles. The van der Waals surface area contributed by atoms with E-state index in [1.807, 2.05) is 50.5 Å². The number of para-hydroxylation sites is 2. The van der Waals surface area contributed by atoms with Gasteiger partial charge in [-0.25, -0.2) is 4.85 Å². The number of benzene rings is 2. The molecule has 6 rings (SSSR count). The monoisotopic (exact) mass is 524 g/mol. The maximum absolute atomic E-state index is 10.6. The molecule has 0 amide bonds. The lowest BCUT2D eigenvalue weighted by molar-refractivity contribution is 0.740. The van der Waals surface area contributed by atoms with E-state index in [1.54, 1.807) is 0 Å². The minimum atomic E-state index is -0.417. The molecule has 0 saturated heterocycles. The van der Waals surface area contributed by atoms with Crippen LogP contribution in [-0.4, -0.2) is 20.6 Å². The van der Waals surface area contributed by atoms with Gasteiger partial charge in [0, 0.05) is 47.1 Å². The molecular formula is C34H32N6. The fourth-order valence-electron chi connectivity index (χ4n) is 6.65. The highest BCUT2D eigenvalue weighted by Gasteiger charge is 2.39. The van der Waals surface area contributed by atoms with Crippen molar-refractivity contribution < 1.29 is 0 Å². The van der Waals surface area contributed by atoms with E-state index in [1.165, 1.54) is 0 Å². The Hall–Kier alpha value is -4.68. The van der Waals surface area contributed by atoms with Crippen LogP contribution in [0.1, 0.15) is 50.2 Å². The molecule has 0 aliphatic carbocycles. The largest absolute Gasteiger partial charge is 0.356 e. The van der Waals surface area contributed by atoms with Crippen LogP contribution in [-0.2, 0) is 24.9 Å². The molecule has 2 aromatic carbocycles. The molecule has 2 aliphatic rings. The van der Waals surface area contributed by atoms with E-state index in [2.05, 4.69) is 73.7 Å². The first kappa shape index (κ1) is 25.6. The van der Waals surface area contributed by atoms with Gasteiger partial charge >= 0.3 is 0 Å². The van der Waals surface area contributed by atoms with Crippen molar-refractivity contribution in [2.45, 2.75) is 52.4 Å². The number of fused-ring (bicyclic) bond motifs is 3. The number of nitriles is 1. The smallest absolute Gasteiger partial charge is 0.232 e. The van der Waals surface area contributed by atoms with Crippen LogP contribution in [0.4, 0.5) is 11.4 Å². The maximum atomic E-state index is 10.6. The summed E-state index contributed by atoms with van der Waals surface area (Å²) in [5.41, 5.74) is 7.90. The number of rotatable bonds is 2. The van der Waals surface area contributed by atoms with Crippen LogP contribution >= 0.6 is 0 Å². The zero-order valence-electron chi connectivity index (χ0n) is 24.3. The van der Waals surface area contributed by atoms with Gasteiger partial charge in [0.25, 0.3) is 0 Å². The Balaban J connectivity index is 1.74. The second-order valence-corrected chi connectivity index (χ2v) is 11.9. The summed E-state index contributed by atoms with van der Waals surface area (Å²) < 4.78 is 4.20. The lowest BCUT2D eigenvalue weighted by atomic mass is 9.79. The van der Waals surface area contributed by atoms with Crippen LogP contribution in [0.3, 0.4) is 0 Å². The molecule has 40 heavy (non-hydrogen) atoms. The second kappa shape index (κ2) is 8.41. The highest BCUT2D eigenvalue weighted by molar-refractivity contribution is 6.31. The summed E-state index contributed by atoms with van der Waals surface area (Å²) in [6, 6.07) is 18.8. The fourth-order valence-corrected chi connectivity index (χ4v) is 6.65. The van der Waals surface area contributed by atoms with Gasteiger partial charge in [-0.2, -0.15) is 5.26 Å². The first-order valence-corrected chi connectivity index (χ1v) is 13.5. The van der Waals surface area contributed by atoms with Crippen molar-refractivity contribution in [2.24, 2.45) is 24.1 Å². The molecule has 0 spiro atoms. The summed E-state index contributed by atoms with van der Waals surface area (Å²) in [5, 5.41) is 14.3. The molecule has 6 nitrogen and oxygen atoms in total. The van der Waals surface area contributed by atoms with E-state index in [-0.39, 0.29) is 0 Å². The molecule has 4 heterocycles. The summed E-state index contributed by atoms with van der Waals surface area (Å²) in [6.45, 7) is 21.0. The summed E-state index contributed by atoms with van der Waals surface area (Å²) in [7, 11) is 4.01. The number of aryl methyl sites for hydroxylation is 2. The van der Waals surface area contributed by atoms with Gasteiger partial charge in [-0.3, -0.25) is 9.98 Å². The van der Waals surface area contributed by atoms with Crippen LogP contribution < -0.4 is 10.7 Å².